The third-order valence-corrected chi connectivity index (χ3v) is 3.29. The summed E-state index contributed by atoms with van der Waals surface area (Å²) in [6.07, 6.45) is 7.09. The maximum absolute atomic E-state index is 7.27. The van der Waals surface area contributed by atoms with E-state index >= 15 is 0 Å². The Hall–Kier alpha value is -2.28. The smallest absolute Gasteiger partial charge is 0.0477 e. The van der Waals surface area contributed by atoms with Crippen molar-refractivity contribution < 1.29 is 4.11 Å². The molecule has 1 aliphatic rings. The monoisotopic (exact) mass is 250 g/mol. The largest absolute Gasteiger partial charge is 0.351 e. The molecule has 0 saturated carbocycles. The van der Waals surface area contributed by atoms with Crippen molar-refractivity contribution in [2.75, 3.05) is 0 Å². The van der Waals surface area contributed by atoms with E-state index in [1.54, 1.807) is 6.20 Å². The van der Waals surface area contributed by atoms with Crippen molar-refractivity contribution in [3.05, 3.63) is 78.0 Å². The lowest BCUT2D eigenvalue weighted by molar-refractivity contribution is 0.969. The van der Waals surface area contributed by atoms with Crippen LogP contribution in [-0.2, 0) is 13.4 Å². The molecule has 1 nitrogen and oxygen atoms in total. The van der Waals surface area contributed by atoms with E-state index in [1.807, 2.05) is 30.3 Å². The minimum atomic E-state index is -2.08. The van der Waals surface area contributed by atoms with E-state index in [2.05, 4.69) is 36.4 Å². The molecule has 3 aromatic rings. The average Bonchev–Trinajstić information content (AvgIpc) is 3.14. The van der Waals surface area contributed by atoms with Crippen molar-refractivity contribution in [1.82, 2.24) is 4.57 Å². The standard InChI is InChI=1S/C9H9N.C9H8/c1-10-7-6-8-4-2-3-5-9(8)10;1-2-5-9-7-3-6-8(9)4-1/h2-7H,1H3;1-6H,7H2/i1D3;. The molecule has 94 valence electrons. The van der Waals surface area contributed by atoms with Gasteiger partial charge in [0.25, 0.3) is 0 Å². The molecule has 1 aromatic heterocycles. The fraction of sp³-hybridized carbons (Fsp3) is 0.111. The number of allylic oxidation sites excluding steroid dienone is 1. The summed E-state index contributed by atoms with van der Waals surface area (Å²) in [7, 11) is 0. The highest BCUT2D eigenvalue weighted by atomic mass is 14.9. The van der Waals surface area contributed by atoms with E-state index in [1.165, 1.54) is 15.7 Å². The quantitative estimate of drug-likeness (QED) is 0.556. The zero-order valence-corrected chi connectivity index (χ0v) is 10.6. The Kier molecular flexibility index (Phi) is 2.37. The van der Waals surface area contributed by atoms with Gasteiger partial charge in [-0.1, -0.05) is 54.6 Å². The summed E-state index contributed by atoms with van der Waals surface area (Å²) in [5, 5.41) is 0.957. The number of fused-ring (bicyclic) bond motifs is 2. The van der Waals surface area contributed by atoms with Gasteiger partial charge in [-0.2, -0.15) is 0 Å². The molecule has 19 heavy (non-hydrogen) atoms. The lowest BCUT2D eigenvalue weighted by Gasteiger charge is -1.93. The molecular weight excluding hydrogens is 230 g/mol. The van der Waals surface area contributed by atoms with Crippen LogP contribution in [0.5, 0.6) is 0 Å². The van der Waals surface area contributed by atoms with Gasteiger partial charge in [-0.3, -0.25) is 0 Å². The average molecular weight is 250 g/mol. The molecule has 2 aromatic carbocycles. The van der Waals surface area contributed by atoms with Crippen LogP contribution in [0.25, 0.3) is 17.0 Å². The molecule has 0 aliphatic heterocycles. The predicted octanol–water partition coefficient (Wildman–Crippen LogP) is 4.43. The second-order valence-corrected chi connectivity index (χ2v) is 4.55. The Labute approximate surface area is 118 Å². The zero-order chi connectivity index (χ0) is 15.6. The summed E-state index contributed by atoms with van der Waals surface area (Å²) in [6.45, 7) is -2.08. The van der Waals surface area contributed by atoms with Crippen molar-refractivity contribution in [2.45, 2.75) is 6.42 Å². The summed E-state index contributed by atoms with van der Waals surface area (Å²) in [4.78, 5) is 0. The van der Waals surface area contributed by atoms with Crippen LogP contribution in [-0.4, -0.2) is 4.57 Å². The molecule has 1 heterocycles. The molecule has 0 amide bonds. The van der Waals surface area contributed by atoms with Gasteiger partial charge < -0.3 is 4.57 Å². The number of nitrogens with zero attached hydrogens (tertiary/aromatic N) is 1. The first-order valence-corrected chi connectivity index (χ1v) is 6.37. The Morgan fingerprint density at radius 3 is 2.74 bits per heavy atom. The zero-order valence-electron chi connectivity index (χ0n) is 13.6. The van der Waals surface area contributed by atoms with E-state index in [9.17, 15) is 0 Å². The normalized spacial score (nSPS) is 15.1. The minimum Gasteiger partial charge on any atom is -0.351 e. The number of aromatic nitrogens is 1. The maximum atomic E-state index is 7.27. The number of para-hydroxylation sites is 1. The highest BCUT2D eigenvalue weighted by molar-refractivity contribution is 5.79. The molecule has 0 bridgehead atoms. The van der Waals surface area contributed by atoms with E-state index in [0.29, 0.717) is 0 Å². The topological polar surface area (TPSA) is 4.93 Å². The van der Waals surface area contributed by atoms with Crippen LogP contribution in [0, 0.1) is 0 Å². The lowest BCUT2D eigenvalue weighted by atomic mass is 10.1. The number of rotatable bonds is 0. The molecule has 0 fully saturated rings. The first kappa shape index (κ1) is 8.76. The first-order valence-electron chi connectivity index (χ1n) is 7.87. The highest BCUT2D eigenvalue weighted by Crippen LogP contribution is 2.17. The van der Waals surface area contributed by atoms with E-state index in [4.69, 9.17) is 4.11 Å². The van der Waals surface area contributed by atoms with E-state index in [-0.39, 0.29) is 0 Å². The van der Waals surface area contributed by atoms with Gasteiger partial charge >= 0.3 is 0 Å². The van der Waals surface area contributed by atoms with E-state index < -0.39 is 6.98 Å². The Bertz CT molecular complexity index is 812. The minimum absolute atomic E-state index is 0.752. The van der Waals surface area contributed by atoms with Crippen LogP contribution >= 0.6 is 0 Å². The number of hydrogen-bond donors (Lipinski definition) is 0. The Morgan fingerprint density at radius 1 is 1.00 bits per heavy atom. The Balaban J connectivity index is 0.000000139. The van der Waals surface area contributed by atoms with Gasteiger partial charge in [0.1, 0.15) is 0 Å². The van der Waals surface area contributed by atoms with Crippen molar-refractivity contribution in [3.8, 4) is 0 Å². The second-order valence-electron chi connectivity index (χ2n) is 4.55. The van der Waals surface area contributed by atoms with Crippen LogP contribution in [0.15, 0.2) is 66.9 Å². The molecule has 0 N–H and O–H groups in total. The number of aryl methyl sites for hydroxylation is 1. The van der Waals surface area contributed by atoms with Crippen molar-refractivity contribution >= 4 is 17.0 Å². The van der Waals surface area contributed by atoms with Crippen LogP contribution in [0.3, 0.4) is 0 Å². The van der Waals surface area contributed by atoms with Gasteiger partial charge in [-0.25, -0.2) is 0 Å². The van der Waals surface area contributed by atoms with Gasteiger partial charge in [0.05, 0.1) is 0 Å². The third kappa shape index (κ3) is 2.45. The molecule has 0 atom stereocenters. The maximum Gasteiger partial charge on any atom is 0.0477 e. The fourth-order valence-corrected chi connectivity index (χ4v) is 2.28. The van der Waals surface area contributed by atoms with Crippen LogP contribution in [0.1, 0.15) is 15.2 Å². The van der Waals surface area contributed by atoms with Gasteiger partial charge in [0, 0.05) is 22.8 Å². The summed E-state index contributed by atoms with van der Waals surface area (Å²) < 4.78 is 23.1. The van der Waals surface area contributed by atoms with Crippen molar-refractivity contribution in [1.29, 1.82) is 0 Å². The molecular formula is C18H17N. The van der Waals surface area contributed by atoms with Crippen LogP contribution in [0.4, 0.5) is 0 Å². The highest BCUT2D eigenvalue weighted by Gasteiger charge is 2.00. The summed E-state index contributed by atoms with van der Waals surface area (Å²) in [5.41, 5.74) is 3.59. The van der Waals surface area contributed by atoms with Crippen molar-refractivity contribution in [2.24, 2.45) is 6.98 Å². The molecule has 4 rings (SSSR count). The summed E-state index contributed by atoms with van der Waals surface area (Å²) >= 11 is 0. The van der Waals surface area contributed by atoms with E-state index in [0.717, 1.165) is 17.3 Å². The third-order valence-electron chi connectivity index (χ3n) is 3.29. The predicted molar refractivity (Wildman–Crippen MR) is 82.1 cm³/mol. The molecule has 1 heteroatoms. The van der Waals surface area contributed by atoms with Crippen molar-refractivity contribution in [3.63, 3.8) is 0 Å². The molecule has 0 spiro atoms. The van der Waals surface area contributed by atoms with Gasteiger partial charge in [0.2, 0.25) is 0 Å². The first-order chi connectivity index (χ1) is 10.6. The molecule has 0 radical (unpaired) electrons. The van der Waals surface area contributed by atoms with Gasteiger partial charge in [-0.15, -0.1) is 0 Å². The molecule has 1 aliphatic carbocycles. The fourth-order valence-electron chi connectivity index (χ4n) is 2.28. The van der Waals surface area contributed by atoms with Crippen LogP contribution < -0.4 is 0 Å². The lowest BCUT2D eigenvalue weighted by Crippen LogP contribution is -1.81. The molecule has 0 saturated heterocycles. The number of hydrogen-bond acceptors (Lipinski definition) is 0. The van der Waals surface area contributed by atoms with Gasteiger partial charge in [0.15, 0.2) is 0 Å². The van der Waals surface area contributed by atoms with Crippen LogP contribution in [0.2, 0.25) is 0 Å². The van der Waals surface area contributed by atoms with Gasteiger partial charge in [-0.05, 0) is 35.1 Å². The number of benzene rings is 2. The summed E-state index contributed by atoms with van der Waals surface area (Å²) in [5.74, 6) is 0. The second kappa shape index (κ2) is 5.15. The summed E-state index contributed by atoms with van der Waals surface area (Å²) in [6, 6.07) is 17.7. The SMILES string of the molecule is C1=Cc2ccccc2C1.[2H]C([2H])([2H])n1ccc2ccccc21. The molecule has 0 unspecified atom stereocenters. The Morgan fingerprint density at radius 2 is 1.84 bits per heavy atom.